The van der Waals surface area contributed by atoms with Gasteiger partial charge in [0, 0.05) is 13.6 Å². The minimum Gasteiger partial charge on any atom is -0.366 e. The van der Waals surface area contributed by atoms with Crippen LogP contribution in [0.15, 0.2) is 17.5 Å². The van der Waals surface area contributed by atoms with Crippen LogP contribution in [0, 0.1) is 5.92 Å². The van der Waals surface area contributed by atoms with Gasteiger partial charge in [-0.15, -0.1) is 11.3 Å². The molecule has 0 radical (unpaired) electrons. The lowest BCUT2D eigenvalue weighted by atomic mass is 9.98. The van der Waals surface area contributed by atoms with Crippen LogP contribution in [-0.4, -0.2) is 26.7 Å². The van der Waals surface area contributed by atoms with Gasteiger partial charge in [0.05, 0.1) is 5.00 Å². The number of nitrogens with one attached hydrogen (secondary N) is 1. The van der Waals surface area contributed by atoms with Crippen molar-refractivity contribution in [3.63, 3.8) is 0 Å². The van der Waals surface area contributed by atoms with Gasteiger partial charge in [0.1, 0.15) is 0 Å². The average molecular weight is 210 g/mol. The molecule has 14 heavy (non-hydrogen) atoms. The Hall–Kier alpha value is -0.540. The van der Waals surface area contributed by atoms with Crippen molar-refractivity contribution < 1.29 is 0 Å². The molecule has 0 amide bonds. The van der Waals surface area contributed by atoms with Gasteiger partial charge in [0.25, 0.3) is 0 Å². The minimum atomic E-state index is 0.878. The molecule has 1 aromatic rings. The van der Waals surface area contributed by atoms with E-state index in [-0.39, 0.29) is 0 Å². The summed E-state index contributed by atoms with van der Waals surface area (Å²) in [6.45, 7) is 3.61. The molecule has 0 spiro atoms. The number of piperidine rings is 1. The van der Waals surface area contributed by atoms with Crippen molar-refractivity contribution >= 4 is 16.3 Å². The van der Waals surface area contributed by atoms with E-state index in [0.717, 1.165) is 5.92 Å². The largest absolute Gasteiger partial charge is 0.366 e. The molecule has 0 aromatic carbocycles. The maximum atomic E-state index is 3.41. The lowest BCUT2D eigenvalue weighted by Crippen LogP contribution is -2.34. The second-order valence-corrected chi connectivity index (χ2v) is 4.95. The molecule has 0 saturated carbocycles. The van der Waals surface area contributed by atoms with Crippen LogP contribution >= 0.6 is 11.3 Å². The predicted octanol–water partition coefficient (Wildman–Crippen LogP) is 2.18. The Morgan fingerprint density at radius 1 is 1.50 bits per heavy atom. The Kier molecular flexibility index (Phi) is 3.43. The molecule has 2 nitrogen and oxygen atoms in total. The molecule has 1 fully saturated rings. The van der Waals surface area contributed by atoms with Gasteiger partial charge in [-0.2, -0.15) is 0 Å². The molecule has 0 aliphatic carbocycles. The second kappa shape index (κ2) is 4.80. The van der Waals surface area contributed by atoms with E-state index in [0.29, 0.717) is 0 Å². The number of nitrogens with zero attached hydrogens (tertiary/aromatic N) is 1. The number of hydrogen-bond donors (Lipinski definition) is 1. The van der Waals surface area contributed by atoms with E-state index < -0.39 is 0 Å². The van der Waals surface area contributed by atoms with Crippen LogP contribution in [0.1, 0.15) is 12.8 Å². The highest BCUT2D eigenvalue weighted by Crippen LogP contribution is 2.22. The third-order valence-corrected chi connectivity index (χ3v) is 3.86. The number of rotatable bonds is 3. The molecule has 3 heteroatoms. The quantitative estimate of drug-likeness (QED) is 0.822. The van der Waals surface area contributed by atoms with E-state index >= 15 is 0 Å². The highest BCUT2D eigenvalue weighted by molar-refractivity contribution is 7.14. The maximum Gasteiger partial charge on any atom is 0.0905 e. The maximum absolute atomic E-state index is 3.41. The van der Waals surface area contributed by atoms with Crippen LogP contribution in [0.5, 0.6) is 0 Å². The fourth-order valence-corrected chi connectivity index (χ4v) is 2.74. The van der Waals surface area contributed by atoms with Gasteiger partial charge in [0.2, 0.25) is 0 Å². The topological polar surface area (TPSA) is 15.3 Å². The normalized spacial score (nSPS) is 18.4. The monoisotopic (exact) mass is 210 g/mol. The molecule has 78 valence electrons. The summed E-state index contributed by atoms with van der Waals surface area (Å²) in [5.41, 5.74) is 0. The molecule has 1 aliphatic rings. The van der Waals surface area contributed by atoms with E-state index in [1.54, 1.807) is 0 Å². The molecule has 0 unspecified atom stereocenters. The molecule has 1 saturated heterocycles. The van der Waals surface area contributed by atoms with Crippen LogP contribution in [0.2, 0.25) is 0 Å². The molecule has 1 aliphatic heterocycles. The Morgan fingerprint density at radius 3 is 2.93 bits per heavy atom. The zero-order valence-electron chi connectivity index (χ0n) is 8.70. The van der Waals surface area contributed by atoms with Gasteiger partial charge in [0.15, 0.2) is 0 Å². The summed E-state index contributed by atoms with van der Waals surface area (Å²) in [5.74, 6) is 0.878. The van der Waals surface area contributed by atoms with Gasteiger partial charge in [-0.05, 0) is 49.4 Å². The third kappa shape index (κ3) is 2.49. The molecule has 2 rings (SSSR count). The molecule has 1 N–H and O–H groups in total. The van der Waals surface area contributed by atoms with E-state index in [1.807, 2.05) is 11.3 Å². The van der Waals surface area contributed by atoms with Crippen LogP contribution in [0.4, 0.5) is 5.00 Å². The summed E-state index contributed by atoms with van der Waals surface area (Å²) in [4.78, 5) is 2.39. The number of anilines is 1. The van der Waals surface area contributed by atoms with Gasteiger partial charge in [-0.3, -0.25) is 0 Å². The van der Waals surface area contributed by atoms with Crippen molar-refractivity contribution in [3.8, 4) is 0 Å². The minimum absolute atomic E-state index is 0.878. The molecular formula is C11H18N2S. The molecule has 0 atom stereocenters. The summed E-state index contributed by atoms with van der Waals surface area (Å²) in [5, 5.41) is 6.95. The van der Waals surface area contributed by atoms with E-state index in [1.165, 1.54) is 37.5 Å². The lowest BCUT2D eigenvalue weighted by Gasteiger charge is -2.27. The first-order valence-corrected chi connectivity index (χ1v) is 6.19. The predicted molar refractivity (Wildman–Crippen MR) is 63.2 cm³/mol. The number of thiophene rings is 1. The van der Waals surface area contributed by atoms with Gasteiger partial charge in [-0.1, -0.05) is 0 Å². The zero-order chi connectivity index (χ0) is 9.80. The third-order valence-electron chi connectivity index (χ3n) is 2.87. The van der Waals surface area contributed by atoms with Crippen LogP contribution in [0.3, 0.4) is 0 Å². The average Bonchev–Trinajstić information content (AvgIpc) is 2.72. The summed E-state index contributed by atoms with van der Waals surface area (Å²) >= 11 is 1.83. The number of hydrogen-bond acceptors (Lipinski definition) is 3. The Balaban J connectivity index is 1.84. The van der Waals surface area contributed by atoms with Gasteiger partial charge >= 0.3 is 0 Å². The van der Waals surface area contributed by atoms with Crippen molar-refractivity contribution in [2.75, 3.05) is 31.6 Å². The van der Waals surface area contributed by atoms with E-state index in [2.05, 4.69) is 34.8 Å². The SMILES string of the molecule is CN(CC1CCNCC1)c1cccs1. The van der Waals surface area contributed by atoms with E-state index in [4.69, 9.17) is 0 Å². The molecule has 1 aromatic heterocycles. The van der Waals surface area contributed by atoms with Gasteiger partial charge < -0.3 is 10.2 Å². The highest BCUT2D eigenvalue weighted by atomic mass is 32.1. The van der Waals surface area contributed by atoms with Crippen LogP contribution in [0.25, 0.3) is 0 Å². The molecular weight excluding hydrogens is 192 g/mol. The first-order valence-electron chi connectivity index (χ1n) is 5.31. The van der Waals surface area contributed by atoms with Crippen molar-refractivity contribution in [2.24, 2.45) is 5.92 Å². The Morgan fingerprint density at radius 2 is 2.29 bits per heavy atom. The summed E-state index contributed by atoms with van der Waals surface area (Å²) in [6.07, 6.45) is 2.66. The summed E-state index contributed by atoms with van der Waals surface area (Å²) in [6, 6.07) is 4.32. The zero-order valence-corrected chi connectivity index (χ0v) is 9.52. The van der Waals surface area contributed by atoms with Crippen molar-refractivity contribution in [1.29, 1.82) is 0 Å². The first-order chi connectivity index (χ1) is 6.86. The van der Waals surface area contributed by atoms with Crippen LogP contribution in [-0.2, 0) is 0 Å². The highest BCUT2D eigenvalue weighted by Gasteiger charge is 2.15. The van der Waals surface area contributed by atoms with Crippen LogP contribution < -0.4 is 10.2 Å². The molecule has 0 bridgehead atoms. The molecule has 2 heterocycles. The smallest absolute Gasteiger partial charge is 0.0905 e. The van der Waals surface area contributed by atoms with Crippen molar-refractivity contribution in [2.45, 2.75) is 12.8 Å². The van der Waals surface area contributed by atoms with Crippen molar-refractivity contribution in [1.82, 2.24) is 5.32 Å². The fraction of sp³-hybridized carbons (Fsp3) is 0.636. The lowest BCUT2D eigenvalue weighted by molar-refractivity contribution is 0.378. The first kappa shape index (κ1) is 9.99. The van der Waals surface area contributed by atoms with Crippen molar-refractivity contribution in [3.05, 3.63) is 17.5 Å². The summed E-state index contributed by atoms with van der Waals surface area (Å²) < 4.78 is 0. The van der Waals surface area contributed by atoms with Gasteiger partial charge in [-0.25, -0.2) is 0 Å². The Bertz CT molecular complexity index is 252. The van der Waals surface area contributed by atoms with E-state index in [9.17, 15) is 0 Å². The summed E-state index contributed by atoms with van der Waals surface area (Å²) in [7, 11) is 2.20. The second-order valence-electron chi connectivity index (χ2n) is 4.03. The standard InChI is InChI=1S/C11H18N2S/c1-13(11-3-2-8-14-11)9-10-4-6-12-7-5-10/h2-3,8,10,12H,4-7,9H2,1H3. The Labute approximate surface area is 89.9 Å². The fourth-order valence-electron chi connectivity index (χ4n) is 2.03.